The molecule has 0 saturated heterocycles. The van der Waals surface area contributed by atoms with Crippen molar-refractivity contribution in [1.82, 2.24) is 0 Å². The van der Waals surface area contributed by atoms with E-state index in [9.17, 15) is 4.79 Å². The van der Waals surface area contributed by atoms with Crippen LogP contribution in [0.2, 0.25) is 0 Å². The van der Waals surface area contributed by atoms with Crippen LogP contribution >= 0.6 is 0 Å². The Kier molecular flexibility index (Phi) is 3.75. The Morgan fingerprint density at radius 1 is 1.28 bits per heavy atom. The minimum Gasteiger partial charge on any atom is -0.493 e. The van der Waals surface area contributed by atoms with Crippen molar-refractivity contribution in [2.24, 2.45) is 0 Å². The van der Waals surface area contributed by atoms with Gasteiger partial charge in [-0.15, -0.1) is 0 Å². The summed E-state index contributed by atoms with van der Waals surface area (Å²) >= 11 is 0. The van der Waals surface area contributed by atoms with Gasteiger partial charge in [0.15, 0.2) is 11.5 Å². The van der Waals surface area contributed by atoms with Gasteiger partial charge in [-0.1, -0.05) is 13.3 Å². The average Bonchev–Trinajstić information content (AvgIpc) is 2.70. The molecule has 1 aliphatic rings. The van der Waals surface area contributed by atoms with Gasteiger partial charge >= 0.3 is 0 Å². The summed E-state index contributed by atoms with van der Waals surface area (Å²) in [5.41, 5.74) is 1.91. The normalized spacial score (nSPS) is 13.7. The van der Waals surface area contributed by atoms with Gasteiger partial charge in [-0.3, -0.25) is 4.79 Å². The van der Waals surface area contributed by atoms with E-state index in [1.807, 2.05) is 17.0 Å². The molecule has 0 spiro atoms. The molecule has 1 aromatic carbocycles. The van der Waals surface area contributed by atoms with E-state index in [0.717, 1.165) is 30.6 Å². The lowest BCUT2D eigenvalue weighted by Crippen LogP contribution is -2.27. The van der Waals surface area contributed by atoms with E-state index in [1.165, 1.54) is 0 Å². The second-order valence-electron chi connectivity index (χ2n) is 4.37. The first-order valence-corrected chi connectivity index (χ1v) is 6.27. The van der Waals surface area contributed by atoms with Crippen LogP contribution in [0.25, 0.3) is 0 Å². The maximum Gasteiger partial charge on any atom is 0.231 e. The van der Waals surface area contributed by atoms with Crippen molar-refractivity contribution in [2.45, 2.75) is 26.2 Å². The molecule has 4 heteroatoms. The molecule has 0 N–H and O–H groups in total. The molecular weight excluding hydrogens is 230 g/mol. The summed E-state index contributed by atoms with van der Waals surface area (Å²) in [6.45, 7) is 2.90. The van der Waals surface area contributed by atoms with E-state index in [1.54, 1.807) is 14.2 Å². The Hall–Kier alpha value is -1.71. The Labute approximate surface area is 107 Å². The van der Waals surface area contributed by atoms with E-state index in [2.05, 4.69) is 6.92 Å². The zero-order chi connectivity index (χ0) is 13.1. The van der Waals surface area contributed by atoms with E-state index in [4.69, 9.17) is 9.47 Å². The first-order valence-electron chi connectivity index (χ1n) is 6.27. The number of fused-ring (bicyclic) bond motifs is 1. The molecule has 18 heavy (non-hydrogen) atoms. The Bertz CT molecular complexity index is 457. The number of ether oxygens (including phenoxy) is 2. The molecule has 0 aliphatic carbocycles. The molecule has 0 fully saturated rings. The van der Waals surface area contributed by atoms with Crippen molar-refractivity contribution in [3.63, 3.8) is 0 Å². The first kappa shape index (κ1) is 12.7. The van der Waals surface area contributed by atoms with Crippen LogP contribution in [0.15, 0.2) is 12.1 Å². The van der Waals surface area contributed by atoms with Gasteiger partial charge in [0.1, 0.15) is 0 Å². The lowest BCUT2D eigenvalue weighted by Gasteiger charge is -2.18. The van der Waals surface area contributed by atoms with Crippen LogP contribution < -0.4 is 14.4 Å². The number of hydrogen-bond acceptors (Lipinski definition) is 3. The zero-order valence-electron chi connectivity index (χ0n) is 11.2. The van der Waals surface area contributed by atoms with Gasteiger partial charge in [0.25, 0.3) is 0 Å². The highest BCUT2D eigenvalue weighted by Gasteiger charge is 2.30. The van der Waals surface area contributed by atoms with Gasteiger partial charge in [0, 0.05) is 12.1 Å². The summed E-state index contributed by atoms with van der Waals surface area (Å²) in [6.07, 6.45) is 2.49. The van der Waals surface area contributed by atoms with Crippen molar-refractivity contribution in [3.05, 3.63) is 17.7 Å². The maximum absolute atomic E-state index is 12.0. The molecule has 2 rings (SSSR count). The number of methoxy groups -OCH3 is 2. The molecule has 0 saturated carbocycles. The number of hydrogen-bond donors (Lipinski definition) is 0. The monoisotopic (exact) mass is 249 g/mol. The SMILES string of the molecule is CCCCN1C(=O)Cc2c1ccc(OC)c2OC. The third kappa shape index (κ3) is 2.03. The lowest BCUT2D eigenvalue weighted by molar-refractivity contribution is -0.117. The third-order valence-corrected chi connectivity index (χ3v) is 3.28. The predicted octanol–water partition coefficient (Wildman–Crippen LogP) is 2.39. The highest BCUT2D eigenvalue weighted by molar-refractivity contribution is 6.02. The largest absolute Gasteiger partial charge is 0.493 e. The van der Waals surface area contributed by atoms with E-state index >= 15 is 0 Å². The first-order chi connectivity index (χ1) is 8.72. The number of nitrogens with zero attached hydrogens (tertiary/aromatic N) is 1. The van der Waals surface area contributed by atoms with Crippen LogP contribution in [0.4, 0.5) is 5.69 Å². The second kappa shape index (κ2) is 5.29. The van der Waals surface area contributed by atoms with Crippen LogP contribution in [0.3, 0.4) is 0 Å². The second-order valence-corrected chi connectivity index (χ2v) is 4.37. The summed E-state index contributed by atoms with van der Waals surface area (Å²) in [4.78, 5) is 13.9. The topological polar surface area (TPSA) is 38.8 Å². The number of carbonyl (C=O) groups is 1. The summed E-state index contributed by atoms with van der Waals surface area (Å²) in [5, 5.41) is 0. The quantitative estimate of drug-likeness (QED) is 0.804. The predicted molar refractivity (Wildman–Crippen MR) is 70.5 cm³/mol. The fraction of sp³-hybridized carbons (Fsp3) is 0.500. The third-order valence-electron chi connectivity index (χ3n) is 3.28. The average molecular weight is 249 g/mol. The van der Waals surface area contributed by atoms with Crippen molar-refractivity contribution >= 4 is 11.6 Å². The van der Waals surface area contributed by atoms with Crippen molar-refractivity contribution < 1.29 is 14.3 Å². The molecule has 1 aromatic rings. The minimum absolute atomic E-state index is 0.144. The Morgan fingerprint density at radius 3 is 2.67 bits per heavy atom. The maximum atomic E-state index is 12.0. The van der Waals surface area contributed by atoms with E-state index in [-0.39, 0.29) is 5.91 Å². The van der Waals surface area contributed by atoms with Crippen LogP contribution in [0.5, 0.6) is 11.5 Å². The number of anilines is 1. The molecule has 4 nitrogen and oxygen atoms in total. The number of unbranched alkanes of at least 4 members (excludes halogenated alkanes) is 1. The molecule has 0 bridgehead atoms. The molecule has 0 aromatic heterocycles. The van der Waals surface area contributed by atoms with Crippen LogP contribution in [0.1, 0.15) is 25.3 Å². The Morgan fingerprint density at radius 2 is 2.06 bits per heavy atom. The highest BCUT2D eigenvalue weighted by atomic mass is 16.5. The smallest absolute Gasteiger partial charge is 0.231 e. The minimum atomic E-state index is 0.144. The standard InChI is InChI=1S/C14H19NO3/c1-4-5-8-15-11-6-7-12(17-2)14(18-3)10(11)9-13(15)16/h6-7H,4-5,8-9H2,1-3H3. The van der Waals surface area contributed by atoms with Gasteiger partial charge in [-0.2, -0.15) is 0 Å². The molecule has 0 unspecified atom stereocenters. The molecule has 1 aliphatic heterocycles. The van der Waals surface area contributed by atoms with Gasteiger partial charge in [-0.25, -0.2) is 0 Å². The van der Waals surface area contributed by atoms with Gasteiger partial charge in [0.2, 0.25) is 5.91 Å². The number of amides is 1. The summed E-state index contributed by atoms with van der Waals surface area (Å²) < 4.78 is 10.6. The summed E-state index contributed by atoms with van der Waals surface area (Å²) in [5.74, 6) is 1.51. The fourth-order valence-corrected chi connectivity index (χ4v) is 2.35. The molecule has 1 heterocycles. The fourth-order valence-electron chi connectivity index (χ4n) is 2.35. The summed E-state index contributed by atoms with van der Waals surface area (Å²) in [6, 6.07) is 3.80. The van der Waals surface area contributed by atoms with Crippen LogP contribution in [0, 0.1) is 0 Å². The van der Waals surface area contributed by atoms with Crippen molar-refractivity contribution in [1.29, 1.82) is 0 Å². The molecule has 0 atom stereocenters. The number of benzene rings is 1. The summed E-state index contributed by atoms with van der Waals surface area (Å²) in [7, 11) is 3.22. The molecule has 98 valence electrons. The highest BCUT2D eigenvalue weighted by Crippen LogP contribution is 2.41. The zero-order valence-corrected chi connectivity index (χ0v) is 11.2. The Balaban J connectivity index is 2.39. The van der Waals surface area contributed by atoms with Gasteiger partial charge in [0.05, 0.1) is 26.3 Å². The van der Waals surface area contributed by atoms with Crippen molar-refractivity contribution in [3.8, 4) is 11.5 Å². The number of carbonyl (C=O) groups excluding carboxylic acids is 1. The van der Waals surface area contributed by atoms with Crippen LogP contribution in [-0.4, -0.2) is 26.7 Å². The molecule has 0 radical (unpaired) electrons. The number of rotatable bonds is 5. The van der Waals surface area contributed by atoms with Crippen molar-refractivity contribution in [2.75, 3.05) is 25.7 Å². The van der Waals surface area contributed by atoms with E-state index in [0.29, 0.717) is 17.9 Å². The van der Waals surface area contributed by atoms with E-state index < -0.39 is 0 Å². The lowest BCUT2D eigenvalue weighted by atomic mass is 10.1. The molecular formula is C14H19NO3. The van der Waals surface area contributed by atoms with Gasteiger partial charge < -0.3 is 14.4 Å². The van der Waals surface area contributed by atoms with Crippen LogP contribution in [-0.2, 0) is 11.2 Å². The van der Waals surface area contributed by atoms with Gasteiger partial charge in [-0.05, 0) is 18.6 Å². The molecule has 1 amide bonds.